The zero-order chi connectivity index (χ0) is 16.4. The largest absolute Gasteiger partial charge is 0.523 e. The third-order valence-corrected chi connectivity index (χ3v) is 2.75. The van der Waals surface area contributed by atoms with E-state index in [0.717, 1.165) is 0 Å². The maximum absolute atomic E-state index is 13.1. The van der Waals surface area contributed by atoms with Crippen LogP contribution in [0, 0.1) is 0 Å². The second kappa shape index (κ2) is 6.30. The normalized spacial score (nSPS) is 16.9. The average Bonchev–Trinajstić information content (AvgIpc) is 2.19. The van der Waals surface area contributed by atoms with Crippen LogP contribution in [-0.4, -0.2) is 46.8 Å². The van der Waals surface area contributed by atoms with E-state index in [1.54, 1.807) is 0 Å². The second-order valence-corrected chi connectivity index (χ2v) is 4.47. The van der Waals surface area contributed by atoms with Crippen molar-refractivity contribution in [2.24, 2.45) is 5.73 Å². The van der Waals surface area contributed by atoms with Gasteiger partial charge < -0.3 is 10.8 Å². The Morgan fingerprint density at radius 2 is 1.60 bits per heavy atom. The Kier molecular flexibility index (Phi) is 6.04. The number of carboxylic acids is 1. The van der Waals surface area contributed by atoms with Crippen molar-refractivity contribution in [1.29, 1.82) is 0 Å². The number of halogens is 8. The van der Waals surface area contributed by atoms with E-state index < -0.39 is 53.4 Å². The van der Waals surface area contributed by atoms with Gasteiger partial charge in [-0.2, -0.15) is 22.0 Å². The van der Waals surface area contributed by atoms with Crippen LogP contribution < -0.4 is 5.73 Å². The van der Waals surface area contributed by atoms with Gasteiger partial charge in [0.25, 0.3) is 0 Å². The molecule has 0 aromatic carbocycles. The van der Waals surface area contributed by atoms with Crippen LogP contribution in [0.25, 0.3) is 0 Å². The van der Waals surface area contributed by atoms with Gasteiger partial charge in [0, 0.05) is 5.75 Å². The number of nitrogens with two attached hydrogens (primary N) is 1. The first kappa shape index (κ1) is 19.2. The molecule has 13 heteroatoms. The fraction of sp³-hybridized carbons (Fsp3) is 0.857. The number of carbonyl (C=O) groups is 1. The van der Waals surface area contributed by atoms with Gasteiger partial charge in [0.15, 0.2) is 0 Å². The quantitative estimate of drug-likeness (QED) is 0.727. The number of hydrogen-bond donors (Lipinski definition) is 2. The van der Waals surface area contributed by atoms with Crippen LogP contribution in [-0.2, 0) is 9.53 Å². The summed E-state index contributed by atoms with van der Waals surface area (Å²) in [7, 11) is 0. The number of alkyl halides is 8. The van der Waals surface area contributed by atoms with E-state index in [-0.39, 0.29) is 0 Å². The smallest absolute Gasteiger partial charge is 0.480 e. The first-order chi connectivity index (χ1) is 8.67. The molecular formula is C7H7F8NO3S. The van der Waals surface area contributed by atoms with E-state index in [9.17, 15) is 39.9 Å². The van der Waals surface area contributed by atoms with Gasteiger partial charge in [-0.25, -0.2) is 0 Å². The lowest BCUT2D eigenvalue weighted by Crippen LogP contribution is -2.48. The minimum atomic E-state index is -6.01. The Hall–Kier alpha value is -0.820. The first-order valence-electron chi connectivity index (χ1n) is 4.48. The fourth-order valence-corrected chi connectivity index (χ4v) is 1.68. The molecule has 2 unspecified atom stereocenters. The number of aliphatic carboxylic acids is 1. The van der Waals surface area contributed by atoms with E-state index in [1.807, 2.05) is 0 Å². The molecule has 0 heterocycles. The van der Waals surface area contributed by atoms with Crippen molar-refractivity contribution in [2.75, 3.05) is 5.75 Å². The molecule has 0 bridgehead atoms. The molecule has 0 fully saturated rings. The number of thioether (sulfide) groups is 1. The van der Waals surface area contributed by atoms with Gasteiger partial charge >= 0.3 is 23.8 Å². The molecule has 0 aliphatic carbocycles. The van der Waals surface area contributed by atoms with Crippen molar-refractivity contribution < 1.29 is 49.8 Å². The number of rotatable bonds is 6. The van der Waals surface area contributed by atoms with Crippen molar-refractivity contribution in [3.05, 3.63) is 0 Å². The summed E-state index contributed by atoms with van der Waals surface area (Å²) in [6.07, 6.45) is -16.4. The van der Waals surface area contributed by atoms with E-state index >= 15 is 0 Å². The Morgan fingerprint density at radius 3 is 1.90 bits per heavy atom. The van der Waals surface area contributed by atoms with Crippen LogP contribution in [0.3, 0.4) is 0 Å². The van der Waals surface area contributed by atoms with Crippen molar-refractivity contribution in [3.63, 3.8) is 0 Å². The molecule has 0 aliphatic rings. The minimum Gasteiger partial charge on any atom is -0.480 e. The molecule has 120 valence electrons. The molecule has 4 nitrogen and oxygen atoms in total. The summed E-state index contributed by atoms with van der Waals surface area (Å²) in [5, 5.41) is 3.18. The lowest BCUT2D eigenvalue weighted by molar-refractivity contribution is -0.397. The van der Waals surface area contributed by atoms with Crippen molar-refractivity contribution in [1.82, 2.24) is 0 Å². The van der Waals surface area contributed by atoms with Crippen LogP contribution in [0.4, 0.5) is 35.1 Å². The van der Waals surface area contributed by atoms with Crippen LogP contribution in [0.15, 0.2) is 0 Å². The van der Waals surface area contributed by atoms with Gasteiger partial charge in [-0.05, 0) is 0 Å². The maximum atomic E-state index is 13.1. The highest BCUT2D eigenvalue weighted by Gasteiger charge is 2.61. The van der Waals surface area contributed by atoms with Gasteiger partial charge in [-0.3, -0.25) is 9.53 Å². The lowest BCUT2D eigenvalue weighted by Gasteiger charge is -2.28. The molecule has 20 heavy (non-hydrogen) atoms. The maximum Gasteiger partial charge on any atom is 0.523 e. The predicted molar refractivity (Wildman–Crippen MR) is 50.0 cm³/mol. The van der Waals surface area contributed by atoms with Crippen LogP contribution in [0.1, 0.15) is 0 Å². The van der Waals surface area contributed by atoms with Gasteiger partial charge in [0.05, 0.1) is 0 Å². The molecule has 2 atom stereocenters. The van der Waals surface area contributed by atoms with Crippen LogP contribution in [0.5, 0.6) is 0 Å². The van der Waals surface area contributed by atoms with E-state index in [1.165, 1.54) is 0 Å². The molecule has 0 aliphatic heterocycles. The third-order valence-electron chi connectivity index (χ3n) is 1.63. The van der Waals surface area contributed by atoms with Crippen molar-refractivity contribution >= 4 is 17.7 Å². The highest BCUT2D eigenvalue weighted by atomic mass is 32.2. The second-order valence-electron chi connectivity index (χ2n) is 3.30. The zero-order valence-corrected chi connectivity index (χ0v) is 9.95. The standard InChI is InChI=1S/C7H7F8NO3S/c8-5(9,10)4(19-7(13,14)15)6(11,12)20-1-2(16)3(17)18/h2,4H,1,16H2,(H,17,18). The SMILES string of the molecule is NC(CSC(F)(F)C(OC(F)(F)F)C(F)(F)F)C(=O)O. The Morgan fingerprint density at radius 1 is 1.15 bits per heavy atom. The highest BCUT2D eigenvalue weighted by Crippen LogP contribution is 2.44. The third kappa shape index (κ3) is 6.56. The highest BCUT2D eigenvalue weighted by molar-refractivity contribution is 8.00. The number of carboxylic acid groups (broad SMARTS) is 1. The minimum absolute atomic E-state index is 0.993. The van der Waals surface area contributed by atoms with Gasteiger partial charge in [-0.1, -0.05) is 11.8 Å². The molecule has 0 saturated carbocycles. The lowest BCUT2D eigenvalue weighted by atomic mass is 10.3. The zero-order valence-electron chi connectivity index (χ0n) is 9.13. The summed E-state index contributed by atoms with van der Waals surface area (Å²) in [6.45, 7) is 0. The van der Waals surface area contributed by atoms with Gasteiger partial charge in [0.2, 0.25) is 6.10 Å². The van der Waals surface area contributed by atoms with Crippen LogP contribution >= 0.6 is 11.8 Å². The Bertz CT molecular complexity index is 344. The molecule has 3 N–H and O–H groups in total. The van der Waals surface area contributed by atoms with Gasteiger partial charge in [0.1, 0.15) is 6.04 Å². The molecule has 0 amide bonds. The van der Waals surface area contributed by atoms with E-state index in [0.29, 0.717) is 0 Å². The first-order valence-corrected chi connectivity index (χ1v) is 5.47. The summed E-state index contributed by atoms with van der Waals surface area (Å²) >= 11 is -0.993. The fourth-order valence-electron chi connectivity index (χ4n) is 0.807. The molecular weight excluding hydrogens is 330 g/mol. The summed E-state index contributed by atoms with van der Waals surface area (Å²) < 4.78 is 100. The van der Waals surface area contributed by atoms with Crippen molar-refractivity contribution in [2.45, 2.75) is 29.9 Å². The van der Waals surface area contributed by atoms with E-state index in [2.05, 4.69) is 4.74 Å². The molecule has 0 aromatic heterocycles. The molecule has 0 radical (unpaired) electrons. The number of ether oxygens (including phenoxy) is 1. The monoisotopic (exact) mass is 337 g/mol. The molecule has 0 aromatic rings. The van der Waals surface area contributed by atoms with Gasteiger partial charge in [-0.15, -0.1) is 13.2 Å². The number of hydrogen-bond acceptors (Lipinski definition) is 4. The summed E-state index contributed by atoms with van der Waals surface area (Å²) in [5.41, 5.74) is 4.76. The molecule has 0 spiro atoms. The molecule has 0 rings (SSSR count). The van der Waals surface area contributed by atoms with Crippen LogP contribution in [0.2, 0.25) is 0 Å². The average molecular weight is 337 g/mol. The summed E-state index contributed by atoms with van der Waals surface area (Å²) in [5.74, 6) is -3.04. The summed E-state index contributed by atoms with van der Waals surface area (Å²) in [6, 6.07) is -1.97. The summed E-state index contributed by atoms with van der Waals surface area (Å²) in [4.78, 5) is 10.2. The van der Waals surface area contributed by atoms with E-state index in [4.69, 9.17) is 10.8 Å². The molecule has 0 saturated heterocycles. The predicted octanol–water partition coefficient (Wildman–Crippen LogP) is 2.19. The topological polar surface area (TPSA) is 72.5 Å². The Balaban J connectivity index is 5.00. The van der Waals surface area contributed by atoms with Crippen molar-refractivity contribution in [3.8, 4) is 0 Å². The Labute approximate surface area is 110 Å².